The van der Waals surface area contributed by atoms with Gasteiger partial charge in [0.2, 0.25) is 0 Å². The van der Waals surface area contributed by atoms with Crippen LogP contribution >= 0.6 is 15.9 Å². The average Bonchev–Trinajstić information content (AvgIpc) is 2.33. The lowest BCUT2D eigenvalue weighted by Gasteiger charge is -2.42. The van der Waals surface area contributed by atoms with E-state index in [1.54, 1.807) is 0 Å². The number of pyridine rings is 1. The smallest absolute Gasteiger partial charge is 0.200 e. The molecule has 0 unspecified atom stereocenters. The largest absolute Gasteiger partial charge is 0.416 e. The van der Waals surface area contributed by atoms with Gasteiger partial charge in [0.15, 0.2) is 8.32 Å². The van der Waals surface area contributed by atoms with Crippen molar-refractivity contribution in [2.75, 3.05) is 6.61 Å². The Kier molecular flexibility index (Phi) is 6.89. The van der Waals surface area contributed by atoms with Crippen LogP contribution < -0.4 is 0 Å². The zero-order valence-electron chi connectivity index (χ0n) is 13.6. The fourth-order valence-electron chi connectivity index (χ4n) is 3.42. The topological polar surface area (TPSA) is 22.1 Å². The van der Waals surface area contributed by atoms with Gasteiger partial charge in [0, 0.05) is 18.7 Å². The Morgan fingerprint density at radius 3 is 2.05 bits per heavy atom. The molecule has 0 fully saturated rings. The van der Waals surface area contributed by atoms with Crippen LogP contribution in [-0.4, -0.2) is 19.9 Å². The fourth-order valence-corrected chi connectivity index (χ4v) is 9.26. The zero-order valence-corrected chi connectivity index (χ0v) is 16.2. The van der Waals surface area contributed by atoms with Gasteiger partial charge in [-0.3, -0.25) is 0 Å². The highest BCUT2D eigenvalue weighted by Gasteiger charge is 2.44. The lowest BCUT2D eigenvalue weighted by atomic mass is 10.3. The molecule has 0 saturated carbocycles. The highest BCUT2D eigenvalue weighted by Crippen LogP contribution is 2.42. The van der Waals surface area contributed by atoms with Crippen LogP contribution in [0.2, 0.25) is 16.6 Å². The van der Waals surface area contributed by atoms with Crippen LogP contribution in [-0.2, 0) is 10.8 Å². The van der Waals surface area contributed by atoms with E-state index in [-0.39, 0.29) is 0 Å². The van der Waals surface area contributed by atoms with Gasteiger partial charge in [0.25, 0.3) is 0 Å². The monoisotopic (exact) mass is 357 g/mol. The second kappa shape index (κ2) is 7.71. The summed E-state index contributed by atoms with van der Waals surface area (Å²) in [7, 11) is -1.73. The summed E-state index contributed by atoms with van der Waals surface area (Å²) in [5, 5.41) is 0. The quantitative estimate of drug-likeness (QED) is 0.469. The molecule has 0 spiro atoms. The predicted molar refractivity (Wildman–Crippen MR) is 92.6 cm³/mol. The molecule has 1 aromatic rings. The minimum Gasteiger partial charge on any atom is -0.416 e. The molecular formula is C16H28BrNOSi. The lowest BCUT2D eigenvalue weighted by Crippen LogP contribution is -2.48. The highest BCUT2D eigenvalue weighted by molar-refractivity contribution is 9.10. The van der Waals surface area contributed by atoms with E-state index in [4.69, 9.17) is 4.43 Å². The summed E-state index contributed by atoms with van der Waals surface area (Å²) in [4.78, 5) is 4.48. The zero-order chi connectivity index (χ0) is 15.3. The van der Waals surface area contributed by atoms with Crippen molar-refractivity contribution in [2.24, 2.45) is 0 Å². The number of aromatic nitrogens is 1. The normalized spacial score (nSPS) is 12.7. The summed E-state index contributed by atoms with van der Waals surface area (Å²) >= 11 is 3.42. The second-order valence-corrected chi connectivity index (χ2v) is 12.6. The van der Waals surface area contributed by atoms with Gasteiger partial charge in [-0.25, -0.2) is 4.98 Å². The molecule has 0 atom stereocenters. The van der Waals surface area contributed by atoms with Crippen molar-refractivity contribution >= 4 is 24.2 Å². The number of halogens is 1. The van der Waals surface area contributed by atoms with Crippen LogP contribution in [0.15, 0.2) is 22.8 Å². The van der Waals surface area contributed by atoms with E-state index in [0.29, 0.717) is 16.6 Å². The van der Waals surface area contributed by atoms with Gasteiger partial charge in [-0.05, 0) is 44.7 Å². The first-order chi connectivity index (χ1) is 9.30. The molecule has 114 valence electrons. The van der Waals surface area contributed by atoms with Crippen LogP contribution in [0.1, 0.15) is 47.2 Å². The Morgan fingerprint density at radius 1 is 1.05 bits per heavy atom. The molecule has 1 aromatic heterocycles. The summed E-state index contributed by atoms with van der Waals surface area (Å²) in [5.41, 5.74) is 3.01. The Labute approximate surface area is 133 Å². The van der Waals surface area contributed by atoms with E-state index in [1.807, 2.05) is 12.1 Å². The third-order valence-corrected chi connectivity index (χ3v) is 10.8. The second-order valence-electron chi connectivity index (χ2n) is 6.37. The Hall–Kier alpha value is -0.193. The number of hydrogen-bond donors (Lipinski definition) is 0. The summed E-state index contributed by atoms with van der Waals surface area (Å²) in [6.07, 6.45) is 0.889. The molecule has 4 heteroatoms. The maximum Gasteiger partial charge on any atom is 0.200 e. The Bertz CT molecular complexity index is 399. The van der Waals surface area contributed by atoms with E-state index >= 15 is 0 Å². The van der Waals surface area contributed by atoms with Gasteiger partial charge in [0.1, 0.15) is 4.60 Å². The van der Waals surface area contributed by atoms with Gasteiger partial charge >= 0.3 is 0 Å². The minimum atomic E-state index is -1.73. The molecule has 0 aliphatic heterocycles. The number of rotatable bonds is 7. The molecule has 0 aliphatic carbocycles. The molecule has 0 aliphatic rings. The van der Waals surface area contributed by atoms with Crippen molar-refractivity contribution in [1.82, 2.24) is 4.98 Å². The van der Waals surface area contributed by atoms with Crippen molar-refractivity contribution in [3.63, 3.8) is 0 Å². The molecule has 0 aromatic carbocycles. The number of hydrogen-bond acceptors (Lipinski definition) is 2. The van der Waals surface area contributed by atoms with Crippen molar-refractivity contribution in [3.8, 4) is 0 Å². The van der Waals surface area contributed by atoms with E-state index < -0.39 is 8.32 Å². The van der Waals surface area contributed by atoms with Crippen LogP contribution in [0.25, 0.3) is 0 Å². The highest BCUT2D eigenvalue weighted by atomic mass is 79.9. The predicted octanol–water partition coefficient (Wildman–Crippen LogP) is 5.58. The lowest BCUT2D eigenvalue weighted by molar-refractivity contribution is 0.280. The third-order valence-electron chi connectivity index (χ3n) is 4.19. The van der Waals surface area contributed by atoms with Gasteiger partial charge < -0.3 is 4.43 Å². The first kappa shape index (κ1) is 17.9. The van der Waals surface area contributed by atoms with E-state index in [0.717, 1.165) is 23.3 Å². The van der Waals surface area contributed by atoms with Crippen LogP contribution in [0.4, 0.5) is 0 Å². The average molecular weight is 358 g/mol. The van der Waals surface area contributed by atoms with Crippen LogP contribution in [0, 0.1) is 0 Å². The van der Waals surface area contributed by atoms with Crippen molar-refractivity contribution in [1.29, 1.82) is 0 Å². The minimum absolute atomic E-state index is 0.637. The first-order valence-electron chi connectivity index (χ1n) is 7.56. The number of nitrogens with zero attached hydrogens (tertiary/aromatic N) is 1. The maximum absolute atomic E-state index is 6.54. The third kappa shape index (κ3) is 4.15. The van der Waals surface area contributed by atoms with Crippen molar-refractivity contribution < 1.29 is 4.43 Å². The maximum atomic E-state index is 6.54. The van der Waals surface area contributed by atoms with Crippen LogP contribution in [0.3, 0.4) is 0 Å². The van der Waals surface area contributed by atoms with Gasteiger partial charge in [-0.15, -0.1) is 0 Å². The molecule has 0 N–H and O–H groups in total. The summed E-state index contributed by atoms with van der Waals surface area (Å²) in [6, 6.07) is 6.06. The first-order valence-corrected chi connectivity index (χ1v) is 10.5. The molecule has 2 nitrogen and oxygen atoms in total. The Morgan fingerprint density at radius 2 is 1.60 bits per heavy atom. The van der Waals surface area contributed by atoms with Gasteiger partial charge in [-0.1, -0.05) is 47.6 Å². The molecule has 20 heavy (non-hydrogen) atoms. The summed E-state index contributed by atoms with van der Waals surface area (Å²) < 4.78 is 7.44. The molecule has 0 amide bonds. The fraction of sp³-hybridized carbons (Fsp3) is 0.688. The molecular weight excluding hydrogens is 330 g/mol. The van der Waals surface area contributed by atoms with Gasteiger partial charge in [-0.2, -0.15) is 0 Å². The SMILES string of the molecule is CC(C)[Si](OCCc1cccc(Br)n1)(C(C)C)C(C)C. The van der Waals surface area contributed by atoms with Crippen molar-refractivity contribution in [2.45, 2.75) is 64.6 Å². The van der Waals surface area contributed by atoms with Gasteiger partial charge in [0.05, 0.1) is 0 Å². The molecule has 1 rings (SSSR count). The van der Waals surface area contributed by atoms with E-state index in [9.17, 15) is 0 Å². The standard InChI is InChI=1S/C16H28BrNOSi/c1-12(2)20(13(3)4,14(5)6)19-11-10-15-8-7-9-16(17)18-15/h7-9,12-14H,10-11H2,1-6H3. The molecule has 0 radical (unpaired) electrons. The molecule has 1 heterocycles. The van der Waals surface area contributed by atoms with Crippen LogP contribution in [0.5, 0.6) is 0 Å². The van der Waals surface area contributed by atoms with E-state index in [2.05, 4.69) is 68.5 Å². The summed E-state index contributed by atoms with van der Waals surface area (Å²) in [6.45, 7) is 14.7. The Balaban J connectivity index is 2.72. The molecule has 0 saturated heterocycles. The van der Waals surface area contributed by atoms with Crippen molar-refractivity contribution in [3.05, 3.63) is 28.5 Å². The summed E-state index contributed by atoms with van der Waals surface area (Å²) in [5.74, 6) is 0. The molecule has 0 bridgehead atoms. The van der Waals surface area contributed by atoms with E-state index in [1.165, 1.54) is 0 Å².